The van der Waals surface area contributed by atoms with Gasteiger partial charge in [-0.1, -0.05) is 86.4 Å². The quantitative estimate of drug-likeness (QED) is 0.268. The van der Waals surface area contributed by atoms with E-state index in [0.717, 1.165) is 34.0 Å². The molecule has 0 spiro atoms. The topological polar surface area (TPSA) is 65.5 Å². The van der Waals surface area contributed by atoms with Crippen LogP contribution in [0.2, 0.25) is 10.0 Å². The number of amides is 1. The Labute approximate surface area is 232 Å². The third-order valence-corrected chi connectivity index (χ3v) is 7.48. The number of carbonyl (C=O) groups excluding carboxylic acids is 1. The monoisotopic (exact) mass is 545 g/mol. The number of hydrogen-bond acceptors (Lipinski definition) is 3. The minimum Gasteiger partial charge on any atom is -0.321 e. The predicted octanol–water partition coefficient (Wildman–Crippen LogP) is 7.86. The minimum absolute atomic E-state index is 0.0566. The van der Waals surface area contributed by atoms with Crippen molar-refractivity contribution in [3.63, 3.8) is 0 Å². The highest BCUT2D eigenvalue weighted by atomic mass is 35.5. The van der Waals surface area contributed by atoms with Crippen molar-refractivity contribution in [1.82, 2.24) is 9.99 Å². The molecule has 7 heteroatoms. The number of aromatic amines is 1. The Morgan fingerprint density at radius 3 is 2.24 bits per heavy atom. The molecule has 1 N–H and O–H groups in total. The zero-order valence-electron chi connectivity index (χ0n) is 21.5. The largest absolute Gasteiger partial charge is 0.321 e. The van der Waals surface area contributed by atoms with Crippen molar-refractivity contribution in [3.05, 3.63) is 104 Å². The summed E-state index contributed by atoms with van der Waals surface area (Å²) in [6.07, 6.45) is 1.16. The van der Waals surface area contributed by atoms with Crippen molar-refractivity contribution in [2.24, 2.45) is 16.9 Å². The number of hydrazone groups is 1. The molecule has 0 radical (unpaired) electrons. The van der Waals surface area contributed by atoms with Crippen LogP contribution >= 0.6 is 23.2 Å². The molecule has 0 bridgehead atoms. The number of hydrogen-bond donors (Lipinski definition) is 1. The van der Waals surface area contributed by atoms with E-state index < -0.39 is 0 Å². The molecular weight excluding hydrogens is 517 g/mol. The van der Waals surface area contributed by atoms with Crippen LogP contribution in [0.25, 0.3) is 22.0 Å². The number of pyridine rings is 1. The molecule has 1 aliphatic heterocycles. The number of fused-ring (bicyclic) bond motifs is 1. The molecule has 2 unspecified atom stereocenters. The first-order valence-electron chi connectivity index (χ1n) is 12.8. The van der Waals surface area contributed by atoms with Crippen LogP contribution in [0.1, 0.15) is 50.8 Å². The van der Waals surface area contributed by atoms with Crippen molar-refractivity contribution >= 4 is 45.7 Å². The molecule has 5 rings (SSSR count). The third-order valence-electron chi connectivity index (χ3n) is 6.98. The first-order chi connectivity index (χ1) is 18.2. The Kier molecular flexibility index (Phi) is 7.42. The number of aromatic nitrogens is 1. The number of para-hydroxylation sites is 1. The van der Waals surface area contributed by atoms with Gasteiger partial charge in [-0.05, 0) is 53.8 Å². The maximum absolute atomic E-state index is 13.7. The van der Waals surface area contributed by atoms with Gasteiger partial charge >= 0.3 is 0 Å². The lowest BCUT2D eigenvalue weighted by Crippen LogP contribution is -2.32. The van der Waals surface area contributed by atoms with Crippen molar-refractivity contribution in [1.29, 1.82) is 0 Å². The van der Waals surface area contributed by atoms with Crippen molar-refractivity contribution in [2.45, 2.75) is 39.7 Å². The van der Waals surface area contributed by atoms with E-state index in [1.165, 1.54) is 0 Å². The van der Waals surface area contributed by atoms with E-state index >= 15 is 0 Å². The van der Waals surface area contributed by atoms with Gasteiger partial charge in [-0.15, -0.1) is 0 Å². The normalized spacial score (nSPS) is 16.2. The second-order valence-corrected chi connectivity index (χ2v) is 11.2. The van der Waals surface area contributed by atoms with Gasteiger partial charge in [0.15, 0.2) is 0 Å². The van der Waals surface area contributed by atoms with E-state index in [1.54, 1.807) is 5.01 Å². The number of nitrogens with zero attached hydrogens (tertiary/aromatic N) is 2. The molecule has 1 aromatic heterocycles. The van der Waals surface area contributed by atoms with Crippen molar-refractivity contribution < 1.29 is 4.79 Å². The summed E-state index contributed by atoms with van der Waals surface area (Å²) in [5.41, 5.74) is 4.09. The van der Waals surface area contributed by atoms with Crippen LogP contribution in [0.4, 0.5) is 0 Å². The van der Waals surface area contributed by atoms with Crippen molar-refractivity contribution in [2.75, 3.05) is 0 Å². The molecule has 3 aromatic carbocycles. The average Bonchev–Trinajstić information content (AvgIpc) is 3.33. The summed E-state index contributed by atoms with van der Waals surface area (Å²) >= 11 is 12.3. The lowest BCUT2D eigenvalue weighted by molar-refractivity contribution is -0.137. The lowest BCUT2D eigenvalue weighted by Gasteiger charge is -2.25. The fourth-order valence-corrected chi connectivity index (χ4v) is 5.53. The van der Waals surface area contributed by atoms with Gasteiger partial charge in [-0.3, -0.25) is 9.59 Å². The van der Waals surface area contributed by atoms with Crippen LogP contribution < -0.4 is 5.56 Å². The molecule has 1 aliphatic rings. The average molecular weight is 546 g/mol. The molecule has 194 valence electrons. The summed E-state index contributed by atoms with van der Waals surface area (Å²) in [7, 11) is 0. The zero-order chi connectivity index (χ0) is 27.0. The van der Waals surface area contributed by atoms with E-state index in [4.69, 9.17) is 28.3 Å². The Morgan fingerprint density at radius 2 is 1.58 bits per heavy atom. The van der Waals surface area contributed by atoms with E-state index in [1.807, 2.05) is 79.7 Å². The SMILES string of the molecule is CC(C)CC(C)C(=O)N1N=C(c2c(-c3ccc(Cl)cc3)c3ccccc3[nH]c2=O)CC1c1ccc(Cl)cc1. The highest BCUT2D eigenvalue weighted by molar-refractivity contribution is 6.31. The number of rotatable bonds is 6. The molecular formula is C31H29Cl2N3O2. The molecule has 2 heterocycles. The summed E-state index contributed by atoms with van der Waals surface area (Å²) in [6.45, 7) is 6.15. The van der Waals surface area contributed by atoms with Gasteiger partial charge in [0.05, 0.1) is 17.3 Å². The zero-order valence-corrected chi connectivity index (χ0v) is 23.1. The first kappa shape index (κ1) is 26.2. The molecule has 4 aromatic rings. The predicted molar refractivity (Wildman–Crippen MR) is 156 cm³/mol. The van der Waals surface area contributed by atoms with Gasteiger partial charge in [0.1, 0.15) is 0 Å². The van der Waals surface area contributed by atoms with E-state index in [9.17, 15) is 9.59 Å². The fourth-order valence-electron chi connectivity index (χ4n) is 5.28. The van der Waals surface area contributed by atoms with Crippen LogP contribution in [-0.2, 0) is 4.79 Å². The van der Waals surface area contributed by atoms with E-state index in [2.05, 4.69) is 18.8 Å². The summed E-state index contributed by atoms with van der Waals surface area (Å²) in [5.74, 6) is 0.103. The summed E-state index contributed by atoms with van der Waals surface area (Å²) < 4.78 is 0. The van der Waals surface area contributed by atoms with Crippen LogP contribution in [0.15, 0.2) is 82.7 Å². The summed E-state index contributed by atoms with van der Waals surface area (Å²) in [6, 6.07) is 22.3. The maximum atomic E-state index is 13.7. The molecule has 0 fully saturated rings. The van der Waals surface area contributed by atoms with Crippen LogP contribution in [0.5, 0.6) is 0 Å². The smallest absolute Gasteiger partial charge is 0.258 e. The van der Waals surface area contributed by atoms with Gasteiger partial charge in [-0.2, -0.15) is 5.10 Å². The van der Waals surface area contributed by atoms with Crippen LogP contribution in [0.3, 0.4) is 0 Å². The lowest BCUT2D eigenvalue weighted by atomic mass is 9.90. The number of nitrogens with one attached hydrogen (secondary N) is 1. The van der Waals surface area contributed by atoms with Crippen LogP contribution in [0, 0.1) is 11.8 Å². The van der Waals surface area contributed by atoms with E-state index in [0.29, 0.717) is 33.7 Å². The fraction of sp³-hybridized carbons (Fsp3) is 0.258. The first-order valence-corrected chi connectivity index (χ1v) is 13.6. The number of benzene rings is 3. The standard InChI is InChI=1S/C31H29Cl2N3O2/c1-18(2)16-19(3)31(38)36-27(20-8-12-22(32)13-9-20)17-26(35-36)29-28(21-10-14-23(33)15-11-21)24-6-4-5-7-25(24)34-30(29)37/h4-15,18-19,27H,16-17H2,1-3H3,(H,34,37). The maximum Gasteiger partial charge on any atom is 0.258 e. The molecule has 2 atom stereocenters. The molecule has 1 amide bonds. The molecule has 0 aliphatic carbocycles. The van der Waals surface area contributed by atoms with Gasteiger partial charge < -0.3 is 4.98 Å². The number of carbonyl (C=O) groups is 1. The number of halogens is 2. The molecule has 0 saturated heterocycles. The molecule has 0 saturated carbocycles. The highest BCUT2D eigenvalue weighted by Crippen LogP contribution is 2.38. The second kappa shape index (κ2) is 10.8. The summed E-state index contributed by atoms with van der Waals surface area (Å²) in [5, 5.41) is 8.56. The highest BCUT2D eigenvalue weighted by Gasteiger charge is 2.37. The Bertz CT molecular complexity index is 1570. The number of H-pyrrole nitrogens is 1. The second-order valence-electron chi connectivity index (χ2n) is 10.3. The van der Waals surface area contributed by atoms with Gasteiger partial charge in [0.2, 0.25) is 5.91 Å². The van der Waals surface area contributed by atoms with Gasteiger partial charge in [0, 0.05) is 38.9 Å². The molecule has 5 nitrogen and oxygen atoms in total. The Morgan fingerprint density at radius 1 is 0.947 bits per heavy atom. The van der Waals surface area contributed by atoms with E-state index in [-0.39, 0.29) is 23.4 Å². The Hall–Kier alpha value is -3.41. The Balaban J connectivity index is 1.69. The summed E-state index contributed by atoms with van der Waals surface area (Å²) in [4.78, 5) is 30.4. The third kappa shape index (κ3) is 5.13. The van der Waals surface area contributed by atoms with Gasteiger partial charge in [-0.25, -0.2) is 5.01 Å². The van der Waals surface area contributed by atoms with Crippen molar-refractivity contribution in [3.8, 4) is 11.1 Å². The molecule has 38 heavy (non-hydrogen) atoms. The van der Waals surface area contributed by atoms with Crippen LogP contribution in [-0.4, -0.2) is 21.6 Å². The minimum atomic E-state index is -0.340. The van der Waals surface area contributed by atoms with Gasteiger partial charge in [0.25, 0.3) is 5.56 Å².